The summed E-state index contributed by atoms with van der Waals surface area (Å²) in [5, 5.41) is 0.788. The van der Waals surface area contributed by atoms with Crippen molar-refractivity contribution >= 4 is 22.7 Å². The third-order valence-corrected chi connectivity index (χ3v) is 7.77. The van der Waals surface area contributed by atoms with E-state index in [1.54, 1.807) is 0 Å². The topological polar surface area (TPSA) is 61.2 Å². The molecule has 0 amide bonds. The molecule has 0 bridgehead atoms. The second-order valence-corrected chi connectivity index (χ2v) is 11.2. The molecule has 2 heterocycles. The van der Waals surface area contributed by atoms with Crippen molar-refractivity contribution in [1.82, 2.24) is 9.55 Å². The van der Waals surface area contributed by atoms with Crippen molar-refractivity contribution in [1.29, 1.82) is 0 Å². The smallest absolute Gasteiger partial charge is 0.339 e. The molecule has 1 aliphatic carbocycles. The maximum atomic E-state index is 13.6. The first-order valence-electron chi connectivity index (χ1n) is 13.0. The molecule has 0 aliphatic heterocycles. The van der Waals surface area contributed by atoms with Crippen LogP contribution in [0.4, 0.5) is 0 Å². The first-order valence-corrected chi connectivity index (χ1v) is 13.0. The number of para-hydroxylation sites is 2. The van der Waals surface area contributed by atoms with Crippen LogP contribution in [0.5, 0.6) is 0 Å². The predicted molar refractivity (Wildman–Crippen MR) is 147 cm³/mol. The van der Waals surface area contributed by atoms with Crippen molar-refractivity contribution in [3.05, 3.63) is 94.4 Å². The number of carbonyl (C=O) groups excluding carboxylic acids is 2. The lowest BCUT2D eigenvalue weighted by Gasteiger charge is -2.35. The number of ketones is 1. The fraction of sp³-hybridized carbons (Fsp3) is 0.344. The Morgan fingerprint density at radius 2 is 1.73 bits per heavy atom. The predicted octanol–water partition coefficient (Wildman–Crippen LogP) is 6.83. The van der Waals surface area contributed by atoms with Gasteiger partial charge in [0, 0.05) is 33.7 Å². The highest BCUT2D eigenvalue weighted by atomic mass is 16.5. The minimum absolute atomic E-state index is 0.127. The molecular formula is C32H34N2O3. The van der Waals surface area contributed by atoms with Gasteiger partial charge in [0.05, 0.1) is 11.1 Å². The van der Waals surface area contributed by atoms with E-state index in [9.17, 15) is 9.59 Å². The van der Waals surface area contributed by atoms with Crippen molar-refractivity contribution in [2.45, 2.75) is 53.9 Å². The summed E-state index contributed by atoms with van der Waals surface area (Å²) in [4.78, 5) is 31.7. The molecule has 1 atom stereocenters. The van der Waals surface area contributed by atoms with Crippen LogP contribution in [0.3, 0.4) is 0 Å². The average molecular weight is 495 g/mol. The van der Waals surface area contributed by atoms with Gasteiger partial charge in [-0.05, 0) is 74.3 Å². The van der Waals surface area contributed by atoms with Crippen LogP contribution < -0.4 is 0 Å². The number of aryl methyl sites for hydroxylation is 2. The zero-order valence-corrected chi connectivity index (χ0v) is 22.3. The second-order valence-electron chi connectivity index (χ2n) is 11.2. The Labute approximate surface area is 218 Å². The average Bonchev–Trinajstić information content (AvgIpc) is 3.18. The molecule has 0 saturated heterocycles. The molecule has 2 aromatic heterocycles. The molecular weight excluding hydrogens is 460 g/mol. The Morgan fingerprint density at radius 3 is 2.46 bits per heavy atom. The lowest BCUT2D eigenvalue weighted by molar-refractivity contribution is 0.0474. The first kappa shape index (κ1) is 24.9. The van der Waals surface area contributed by atoms with Crippen molar-refractivity contribution in [2.24, 2.45) is 11.3 Å². The number of nitrogens with zero attached hydrogens (tertiary/aromatic N) is 2. The summed E-state index contributed by atoms with van der Waals surface area (Å²) in [5.41, 5.74) is 6.80. The van der Waals surface area contributed by atoms with Crippen LogP contribution in [0.1, 0.15) is 70.6 Å². The number of fused-ring (bicyclic) bond motifs is 2. The molecule has 2 aromatic carbocycles. The summed E-state index contributed by atoms with van der Waals surface area (Å²) in [5.74, 6) is -0.211. The SMILES string of the molecule is Cc1cc(C(=O)COC(=O)c2c3c(nc4ccccc24)CCC(C(C)(C)C)C3)c(C)n1-c1ccccc1. The van der Waals surface area contributed by atoms with Gasteiger partial charge in [-0.15, -0.1) is 0 Å². The summed E-state index contributed by atoms with van der Waals surface area (Å²) in [6, 6.07) is 19.5. The Kier molecular flexibility index (Phi) is 6.49. The van der Waals surface area contributed by atoms with E-state index in [1.165, 1.54) is 0 Å². The molecule has 5 rings (SSSR count). The summed E-state index contributed by atoms with van der Waals surface area (Å²) < 4.78 is 7.77. The zero-order chi connectivity index (χ0) is 26.3. The van der Waals surface area contributed by atoms with Crippen molar-refractivity contribution < 1.29 is 14.3 Å². The van der Waals surface area contributed by atoms with E-state index in [0.717, 1.165) is 58.5 Å². The minimum Gasteiger partial charge on any atom is -0.454 e. The number of Topliss-reactive ketones (excluding diaryl/α,β-unsaturated/α-hetero) is 1. The number of benzene rings is 2. The summed E-state index contributed by atoms with van der Waals surface area (Å²) >= 11 is 0. The third kappa shape index (κ3) is 4.71. The van der Waals surface area contributed by atoms with Gasteiger partial charge in [0.1, 0.15) is 0 Å². The summed E-state index contributed by atoms with van der Waals surface area (Å²) in [6.45, 7) is 10.4. The number of esters is 1. The van der Waals surface area contributed by atoms with Crippen molar-refractivity contribution in [3.63, 3.8) is 0 Å². The second kappa shape index (κ2) is 9.62. The van der Waals surface area contributed by atoms with Crippen LogP contribution in [-0.4, -0.2) is 27.9 Å². The molecule has 1 unspecified atom stereocenters. The standard InChI is InChI=1S/C32H34N2O3/c1-20-17-25(21(2)34(20)23-11-7-6-8-12-23)29(35)19-37-31(36)30-24-13-9-10-14-27(24)33-28-16-15-22(18-26(28)30)32(3,4)5/h6-14,17,22H,15-16,18-19H2,1-5H3. The van der Waals surface area contributed by atoms with Crippen LogP contribution in [-0.2, 0) is 17.6 Å². The van der Waals surface area contributed by atoms with Crippen LogP contribution in [0.25, 0.3) is 16.6 Å². The monoisotopic (exact) mass is 494 g/mol. The Morgan fingerprint density at radius 1 is 1.03 bits per heavy atom. The Balaban J connectivity index is 1.44. The van der Waals surface area contributed by atoms with Gasteiger partial charge in [0.2, 0.25) is 5.78 Å². The molecule has 5 heteroatoms. The molecule has 0 spiro atoms. The molecule has 4 aromatic rings. The van der Waals surface area contributed by atoms with Crippen LogP contribution in [0, 0.1) is 25.2 Å². The van der Waals surface area contributed by atoms with Crippen molar-refractivity contribution in [3.8, 4) is 5.69 Å². The molecule has 0 saturated carbocycles. The van der Waals surface area contributed by atoms with E-state index in [2.05, 4.69) is 25.3 Å². The number of rotatable bonds is 5. The Hall–Kier alpha value is -3.73. The van der Waals surface area contributed by atoms with Crippen LogP contribution in [0.15, 0.2) is 60.7 Å². The van der Waals surface area contributed by atoms with Gasteiger partial charge in [-0.1, -0.05) is 57.2 Å². The fourth-order valence-electron chi connectivity index (χ4n) is 5.66. The van der Waals surface area contributed by atoms with E-state index in [0.29, 0.717) is 17.0 Å². The lowest BCUT2D eigenvalue weighted by atomic mass is 9.70. The fourth-order valence-corrected chi connectivity index (χ4v) is 5.66. The van der Waals surface area contributed by atoms with E-state index < -0.39 is 5.97 Å². The molecule has 5 nitrogen and oxygen atoms in total. The highest BCUT2D eigenvalue weighted by Crippen LogP contribution is 2.39. The van der Waals surface area contributed by atoms with Crippen LogP contribution in [0.2, 0.25) is 0 Å². The van der Waals surface area contributed by atoms with Gasteiger partial charge >= 0.3 is 5.97 Å². The summed E-state index contributed by atoms with van der Waals surface area (Å²) in [7, 11) is 0. The van der Waals surface area contributed by atoms with E-state index >= 15 is 0 Å². The van der Waals surface area contributed by atoms with Gasteiger partial charge in [0.25, 0.3) is 0 Å². The molecule has 0 radical (unpaired) electrons. The molecule has 37 heavy (non-hydrogen) atoms. The molecule has 0 N–H and O–H groups in total. The number of aromatic nitrogens is 2. The number of carbonyl (C=O) groups is 2. The van der Waals surface area contributed by atoms with E-state index in [4.69, 9.17) is 9.72 Å². The maximum absolute atomic E-state index is 13.6. The third-order valence-electron chi connectivity index (χ3n) is 7.77. The molecule has 1 aliphatic rings. The normalized spacial score (nSPS) is 15.4. The number of ether oxygens (including phenoxy) is 1. The number of pyridine rings is 1. The Bertz CT molecular complexity index is 1490. The number of hydrogen-bond donors (Lipinski definition) is 0. The highest BCUT2D eigenvalue weighted by Gasteiger charge is 2.33. The van der Waals surface area contributed by atoms with Crippen molar-refractivity contribution in [2.75, 3.05) is 6.61 Å². The van der Waals surface area contributed by atoms with Gasteiger partial charge in [-0.25, -0.2) is 4.79 Å². The van der Waals surface area contributed by atoms with E-state index in [-0.39, 0.29) is 17.8 Å². The first-order chi connectivity index (χ1) is 17.6. The highest BCUT2D eigenvalue weighted by molar-refractivity contribution is 6.06. The lowest BCUT2D eigenvalue weighted by Crippen LogP contribution is -2.29. The zero-order valence-electron chi connectivity index (χ0n) is 22.3. The quantitative estimate of drug-likeness (QED) is 0.225. The largest absolute Gasteiger partial charge is 0.454 e. The van der Waals surface area contributed by atoms with Crippen LogP contribution >= 0.6 is 0 Å². The van der Waals surface area contributed by atoms with Gasteiger partial charge in [0.15, 0.2) is 6.61 Å². The van der Waals surface area contributed by atoms with Gasteiger partial charge in [-0.3, -0.25) is 9.78 Å². The minimum atomic E-state index is -0.449. The molecule has 0 fully saturated rings. The van der Waals surface area contributed by atoms with Gasteiger partial charge in [-0.2, -0.15) is 0 Å². The number of hydrogen-bond acceptors (Lipinski definition) is 4. The van der Waals surface area contributed by atoms with E-state index in [1.807, 2.05) is 74.5 Å². The molecule has 190 valence electrons. The van der Waals surface area contributed by atoms with Gasteiger partial charge < -0.3 is 9.30 Å². The maximum Gasteiger partial charge on any atom is 0.339 e. The summed E-state index contributed by atoms with van der Waals surface area (Å²) in [6.07, 6.45) is 2.67.